The minimum atomic E-state index is 0.976. The van der Waals surface area contributed by atoms with Crippen molar-refractivity contribution in [2.75, 3.05) is 0 Å². The third-order valence-electron chi connectivity index (χ3n) is 7.45. The van der Waals surface area contributed by atoms with Crippen LogP contribution in [0.25, 0.3) is 18.2 Å². The van der Waals surface area contributed by atoms with Crippen LogP contribution in [0.2, 0.25) is 0 Å². The summed E-state index contributed by atoms with van der Waals surface area (Å²) in [6, 6.07) is 10.6. The van der Waals surface area contributed by atoms with Gasteiger partial charge in [-0.25, -0.2) is 4.99 Å². The number of allylic oxidation sites excluding steroid dienone is 2. The van der Waals surface area contributed by atoms with Crippen LogP contribution in [0.1, 0.15) is 79.7 Å². The Kier molecular flexibility index (Phi) is 7.45. The summed E-state index contributed by atoms with van der Waals surface area (Å²) in [7, 11) is 0. The molecule has 2 N–H and O–H groups in total. The van der Waals surface area contributed by atoms with E-state index in [9.17, 15) is 0 Å². The molecule has 3 heterocycles. The average Bonchev–Trinajstić information content (AvgIpc) is 3.46. The van der Waals surface area contributed by atoms with Gasteiger partial charge in [-0.1, -0.05) is 58.0 Å². The zero-order valence-electron chi connectivity index (χ0n) is 22.4. The van der Waals surface area contributed by atoms with E-state index < -0.39 is 0 Å². The van der Waals surface area contributed by atoms with Gasteiger partial charge in [0.25, 0.3) is 0 Å². The second-order valence-electron chi connectivity index (χ2n) is 9.42. The molecule has 1 aliphatic heterocycles. The lowest BCUT2D eigenvalue weighted by Crippen LogP contribution is -2.14. The van der Waals surface area contributed by atoms with Crippen LogP contribution >= 0.6 is 0 Å². The van der Waals surface area contributed by atoms with Gasteiger partial charge in [0.15, 0.2) is 0 Å². The Bertz CT molecular complexity index is 1440. The van der Waals surface area contributed by atoms with E-state index in [1.165, 1.54) is 61.0 Å². The van der Waals surface area contributed by atoms with E-state index in [0.29, 0.717) is 0 Å². The van der Waals surface area contributed by atoms with Gasteiger partial charge < -0.3 is 9.97 Å². The second-order valence-corrected chi connectivity index (χ2v) is 9.42. The molecule has 3 heteroatoms. The second kappa shape index (κ2) is 10.5. The van der Waals surface area contributed by atoms with Crippen molar-refractivity contribution < 1.29 is 0 Å². The van der Waals surface area contributed by atoms with Gasteiger partial charge in [0, 0.05) is 22.1 Å². The summed E-state index contributed by atoms with van der Waals surface area (Å²) in [6.45, 7) is 15.5. The number of aromatic nitrogens is 2. The van der Waals surface area contributed by atoms with Gasteiger partial charge in [0.2, 0.25) is 0 Å². The number of nitrogens with one attached hydrogen (secondary N) is 2. The summed E-state index contributed by atoms with van der Waals surface area (Å²) in [5, 5.41) is 2.40. The van der Waals surface area contributed by atoms with Gasteiger partial charge in [-0.05, 0) is 104 Å². The van der Waals surface area contributed by atoms with Crippen LogP contribution in [0.15, 0.2) is 52.2 Å². The smallest absolute Gasteiger partial charge is 0.0693 e. The number of rotatable bonds is 7. The molecule has 1 aromatic carbocycles. The molecule has 0 aliphatic carbocycles. The molecule has 182 valence electrons. The van der Waals surface area contributed by atoms with Crippen LogP contribution in [0.3, 0.4) is 0 Å². The molecule has 3 nitrogen and oxygen atoms in total. The maximum absolute atomic E-state index is 5.19. The highest BCUT2D eigenvalue weighted by Crippen LogP contribution is 2.33. The monoisotopic (exact) mass is 465 g/mol. The van der Waals surface area contributed by atoms with Crippen LogP contribution in [-0.2, 0) is 12.8 Å². The number of aryl methyl sites for hydroxylation is 1. The van der Waals surface area contributed by atoms with Crippen molar-refractivity contribution in [3.05, 3.63) is 97.1 Å². The lowest BCUT2D eigenvalue weighted by atomic mass is 9.98. The highest BCUT2D eigenvalue weighted by atomic mass is 14.8. The third-order valence-corrected chi connectivity index (χ3v) is 7.45. The van der Waals surface area contributed by atoms with Crippen LogP contribution < -0.4 is 10.7 Å². The highest BCUT2D eigenvalue weighted by molar-refractivity contribution is 6.23. The molecule has 0 unspecified atom stereocenters. The van der Waals surface area contributed by atoms with Gasteiger partial charge >= 0.3 is 0 Å². The summed E-state index contributed by atoms with van der Waals surface area (Å²) in [5.74, 6) is 0. The number of hydrogen-bond donors (Lipinski definition) is 2. The predicted octanol–water partition coefficient (Wildman–Crippen LogP) is 6.61. The quantitative estimate of drug-likeness (QED) is 0.394. The van der Waals surface area contributed by atoms with Crippen LogP contribution in [0, 0.1) is 20.8 Å². The minimum Gasteiger partial charge on any atom is -0.359 e. The van der Waals surface area contributed by atoms with E-state index in [-0.39, 0.29) is 0 Å². The fourth-order valence-corrected chi connectivity index (χ4v) is 5.28. The minimum absolute atomic E-state index is 0.976. The Morgan fingerprint density at radius 1 is 0.686 bits per heavy atom. The van der Waals surface area contributed by atoms with Crippen molar-refractivity contribution >= 4 is 23.9 Å². The first-order valence-corrected chi connectivity index (χ1v) is 13.1. The van der Waals surface area contributed by atoms with Crippen molar-refractivity contribution in [2.45, 2.75) is 74.1 Å². The number of aromatic amines is 2. The fraction of sp³-hybridized carbons (Fsp3) is 0.344. The molecule has 0 saturated carbocycles. The van der Waals surface area contributed by atoms with Gasteiger partial charge in [-0.15, -0.1) is 0 Å². The molecule has 0 bridgehead atoms. The molecule has 35 heavy (non-hydrogen) atoms. The SMILES string of the molecule is CCC1=C(CC)C(C=c2[nH]c(=Cc3ccccc3)c(CC)c2CC)=NC1=Cc1[nH]c(C)c(C)c1C. The zero-order valence-corrected chi connectivity index (χ0v) is 22.4. The van der Waals surface area contributed by atoms with Gasteiger partial charge in [-0.2, -0.15) is 0 Å². The molecule has 0 fully saturated rings. The van der Waals surface area contributed by atoms with Crippen LogP contribution in [-0.4, -0.2) is 15.7 Å². The van der Waals surface area contributed by atoms with E-state index in [4.69, 9.17) is 4.99 Å². The molecular formula is C32H39N3. The lowest BCUT2D eigenvalue weighted by molar-refractivity contribution is 1.04. The Labute approximate surface area is 210 Å². The average molecular weight is 466 g/mol. The lowest BCUT2D eigenvalue weighted by Gasteiger charge is -2.04. The van der Waals surface area contributed by atoms with Gasteiger partial charge in [0.05, 0.1) is 11.4 Å². The summed E-state index contributed by atoms with van der Waals surface area (Å²) >= 11 is 0. The van der Waals surface area contributed by atoms with Gasteiger partial charge in [-0.3, -0.25) is 0 Å². The van der Waals surface area contributed by atoms with E-state index in [2.05, 4.69) is 107 Å². The Balaban J connectivity index is 1.88. The Hall–Kier alpha value is -3.33. The van der Waals surface area contributed by atoms with Crippen LogP contribution in [0.5, 0.6) is 0 Å². The van der Waals surface area contributed by atoms with E-state index in [1.54, 1.807) is 0 Å². The number of H-pyrrole nitrogens is 2. The summed E-state index contributed by atoms with van der Waals surface area (Å²) < 4.78 is 0. The van der Waals surface area contributed by atoms with E-state index in [1.807, 2.05) is 0 Å². The first kappa shape index (κ1) is 24.8. The molecule has 0 amide bonds. The first-order valence-electron chi connectivity index (χ1n) is 13.1. The molecule has 0 saturated heterocycles. The van der Waals surface area contributed by atoms with E-state index in [0.717, 1.165) is 37.1 Å². The van der Waals surface area contributed by atoms with Crippen molar-refractivity contribution in [3.63, 3.8) is 0 Å². The molecule has 0 atom stereocenters. The normalized spacial score (nSPS) is 16.2. The van der Waals surface area contributed by atoms with Crippen LogP contribution in [0.4, 0.5) is 0 Å². The van der Waals surface area contributed by atoms with E-state index >= 15 is 0 Å². The maximum Gasteiger partial charge on any atom is 0.0693 e. The number of aliphatic imine (C=N–C) groups is 1. The molecule has 3 aromatic rings. The molecule has 2 aromatic heterocycles. The molecule has 0 radical (unpaired) electrons. The molecule has 4 rings (SSSR count). The number of benzene rings is 1. The standard InChI is InChI=1S/C32H39N3/c1-8-24-25(9-2)31(34-29(24)17-23-15-13-12-14-16-23)19-32-27(11-4)26(10-3)30(35-32)18-28-21(6)20(5)22(7)33-28/h12-19,33-34H,8-11H2,1-7H3. The Morgan fingerprint density at radius 2 is 1.31 bits per heavy atom. The summed E-state index contributed by atoms with van der Waals surface area (Å²) in [5.41, 5.74) is 14.0. The predicted molar refractivity (Wildman–Crippen MR) is 151 cm³/mol. The number of hydrogen-bond acceptors (Lipinski definition) is 1. The van der Waals surface area contributed by atoms with Crippen molar-refractivity contribution in [2.24, 2.45) is 4.99 Å². The number of nitrogens with zero attached hydrogens (tertiary/aromatic N) is 1. The highest BCUT2D eigenvalue weighted by Gasteiger charge is 2.21. The largest absolute Gasteiger partial charge is 0.359 e. The first-order chi connectivity index (χ1) is 16.9. The maximum atomic E-state index is 5.19. The summed E-state index contributed by atoms with van der Waals surface area (Å²) in [6.07, 6.45) is 10.8. The van der Waals surface area contributed by atoms with Crippen molar-refractivity contribution in [1.82, 2.24) is 9.97 Å². The fourth-order valence-electron chi connectivity index (χ4n) is 5.28. The molecule has 0 spiro atoms. The van der Waals surface area contributed by atoms with Gasteiger partial charge in [0.1, 0.15) is 0 Å². The zero-order chi connectivity index (χ0) is 25.1. The third kappa shape index (κ3) is 4.77. The van der Waals surface area contributed by atoms with Crippen molar-refractivity contribution in [1.29, 1.82) is 0 Å². The molecule has 1 aliphatic rings. The topological polar surface area (TPSA) is 43.9 Å². The molecular weight excluding hydrogens is 426 g/mol. The summed E-state index contributed by atoms with van der Waals surface area (Å²) in [4.78, 5) is 12.5. The van der Waals surface area contributed by atoms with Crippen molar-refractivity contribution in [3.8, 4) is 0 Å². The Morgan fingerprint density at radius 3 is 1.86 bits per heavy atom.